The molecule has 0 unspecified atom stereocenters. The van der Waals surface area contributed by atoms with Crippen molar-refractivity contribution in [2.75, 3.05) is 7.11 Å². The molecule has 1 aromatic heterocycles. The molecule has 3 nitrogen and oxygen atoms in total. The van der Waals surface area contributed by atoms with Gasteiger partial charge in [-0.2, -0.15) is 0 Å². The lowest BCUT2D eigenvalue weighted by Crippen LogP contribution is -2.00. The van der Waals surface area contributed by atoms with E-state index in [0.717, 1.165) is 5.56 Å². The van der Waals surface area contributed by atoms with Crippen LogP contribution in [0, 0.1) is 0 Å². The molecule has 0 fully saturated rings. The van der Waals surface area contributed by atoms with E-state index < -0.39 is 0 Å². The summed E-state index contributed by atoms with van der Waals surface area (Å²) in [4.78, 5) is 15.1. The number of pyridine rings is 1. The predicted octanol–water partition coefficient (Wildman–Crippen LogP) is 1.61. The smallest absolute Gasteiger partial charge is 0.213 e. The molecule has 0 saturated heterocycles. The largest absolute Gasteiger partial charge is 0.481 e. The molecule has 13 heavy (non-hydrogen) atoms. The predicted molar refractivity (Wildman–Crippen MR) is 49.8 cm³/mol. The summed E-state index contributed by atoms with van der Waals surface area (Å²) in [6, 6.07) is 3.61. The summed E-state index contributed by atoms with van der Waals surface area (Å²) in [6.07, 6.45) is 2.69. The van der Waals surface area contributed by atoms with E-state index in [1.165, 1.54) is 0 Å². The number of rotatable bonds is 4. The van der Waals surface area contributed by atoms with Gasteiger partial charge in [-0.05, 0) is 11.6 Å². The first-order valence-electron chi connectivity index (χ1n) is 4.27. The van der Waals surface area contributed by atoms with Gasteiger partial charge in [-0.25, -0.2) is 4.98 Å². The van der Waals surface area contributed by atoms with E-state index in [1.54, 1.807) is 19.4 Å². The zero-order chi connectivity index (χ0) is 9.68. The number of Topliss-reactive ketones (excluding diaryl/α,β-unsaturated/α-hetero) is 1. The molecule has 0 N–H and O–H groups in total. The molecule has 0 saturated carbocycles. The minimum absolute atomic E-state index is 0.230. The Morgan fingerprint density at radius 1 is 1.62 bits per heavy atom. The van der Waals surface area contributed by atoms with Crippen molar-refractivity contribution < 1.29 is 9.53 Å². The van der Waals surface area contributed by atoms with Crippen LogP contribution < -0.4 is 4.74 Å². The SMILES string of the molecule is CCC(=O)Cc1ccnc(OC)c1. The molecule has 0 aromatic carbocycles. The summed E-state index contributed by atoms with van der Waals surface area (Å²) >= 11 is 0. The number of methoxy groups -OCH3 is 1. The van der Waals surface area contributed by atoms with Gasteiger partial charge >= 0.3 is 0 Å². The van der Waals surface area contributed by atoms with Crippen LogP contribution in [0.15, 0.2) is 18.3 Å². The zero-order valence-electron chi connectivity index (χ0n) is 7.91. The van der Waals surface area contributed by atoms with Crippen LogP contribution in [-0.2, 0) is 11.2 Å². The van der Waals surface area contributed by atoms with E-state index in [9.17, 15) is 4.79 Å². The van der Waals surface area contributed by atoms with Crippen molar-refractivity contribution in [2.45, 2.75) is 19.8 Å². The molecule has 0 radical (unpaired) electrons. The first kappa shape index (κ1) is 9.71. The quantitative estimate of drug-likeness (QED) is 0.705. The topological polar surface area (TPSA) is 39.2 Å². The summed E-state index contributed by atoms with van der Waals surface area (Å²) in [7, 11) is 1.56. The monoisotopic (exact) mass is 179 g/mol. The molecule has 1 heterocycles. The third-order valence-electron chi connectivity index (χ3n) is 1.80. The van der Waals surface area contributed by atoms with Gasteiger partial charge in [0.1, 0.15) is 5.78 Å². The minimum Gasteiger partial charge on any atom is -0.481 e. The van der Waals surface area contributed by atoms with Gasteiger partial charge in [0, 0.05) is 25.1 Å². The molecule has 3 heteroatoms. The fourth-order valence-corrected chi connectivity index (χ4v) is 1.02. The number of aromatic nitrogens is 1. The van der Waals surface area contributed by atoms with Gasteiger partial charge in [-0.15, -0.1) is 0 Å². The fourth-order valence-electron chi connectivity index (χ4n) is 1.02. The summed E-state index contributed by atoms with van der Waals surface area (Å²) < 4.78 is 4.95. The molecular weight excluding hydrogens is 166 g/mol. The van der Waals surface area contributed by atoms with Crippen LogP contribution >= 0.6 is 0 Å². The Morgan fingerprint density at radius 3 is 3.00 bits per heavy atom. The van der Waals surface area contributed by atoms with Gasteiger partial charge in [0.15, 0.2) is 0 Å². The van der Waals surface area contributed by atoms with Crippen LogP contribution in [0.3, 0.4) is 0 Å². The molecule has 0 amide bonds. The Morgan fingerprint density at radius 2 is 2.38 bits per heavy atom. The van der Waals surface area contributed by atoms with Crippen molar-refractivity contribution in [1.82, 2.24) is 4.98 Å². The van der Waals surface area contributed by atoms with Crippen LogP contribution in [0.5, 0.6) is 5.88 Å². The normalized spacial score (nSPS) is 9.69. The van der Waals surface area contributed by atoms with E-state index in [2.05, 4.69) is 4.98 Å². The number of ether oxygens (including phenoxy) is 1. The Balaban J connectivity index is 2.71. The van der Waals surface area contributed by atoms with Crippen molar-refractivity contribution in [3.63, 3.8) is 0 Å². The number of nitrogens with zero attached hydrogens (tertiary/aromatic N) is 1. The highest BCUT2D eigenvalue weighted by Crippen LogP contribution is 2.09. The van der Waals surface area contributed by atoms with Crippen LogP contribution in [0.1, 0.15) is 18.9 Å². The summed E-state index contributed by atoms with van der Waals surface area (Å²) in [5, 5.41) is 0. The fraction of sp³-hybridized carbons (Fsp3) is 0.400. The van der Waals surface area contributed by atoms with Crippen LogP contribution in [0.25, 0.3) is 0 Å². The average molecular weight is 179 g/mol. The lowest BCUT2D eigenvalue weighted by atomic mass is 10.1. The molecule has 0 aliphatic rings. The third kappa shape index (κ3) is 2.86. The van der Waals surface area contributed by atoms with E-state index in [1.807, 2.05) is 13.0 Å². The van der Waals surface area contributed by atoms with Crippen LogP contribution in [-0.4, -0.2) is 17.9 Å². The number of hydrogen-bond donors (Lipinski definition) is 0. The minimum atomic E-state index is 0.230. The summed E-state index contributed by atoms with van der Waals surface area (Å²) in [6.45, 7) is 1.86. The van der Waals surface area contributed by atoms with Crippen molar-refractivity contribution in [1.29, 1.82) is 0 Å². The van der Waals surface area contributed by atoms with Crippen molar-refractivity contribution in [3.8, 4) is 5.88 Å². The number of carbonyl (C=O) groups is 1. The standard InChI is InChI=1S/C10H13NO2/c1-3-9(12)6-8-4-5-11-10(7-8)13-2/h4-5,7H,3,6H2,1-2H3. The second kappa shape index (κ2) is 4.60. The highest BCUT2D eigenvalue weighted by Gasteiger charge is 2.02. The highest BCUT2D eigenvalue weighted by molar-refractivity contribution is 5.80. The van der Waals surface area contributed by atoms with Gasteiger partial charge in [-0.1, -0.05) is 6.92 Å². The first-order valence-corrected chi connectivity index (χ1v) is 4.27. The average Bonchev–Trinajstić information content (AvgIpc) is 2.18. The van der Waals surface area contributed by atoms with E-state index >= 15 is 0 Å². The van der Waals surface area contributed by atoms with Crippen molar-refractivity contribution >= 4 is 5.78 Å². The Labute approximate surface area is 77.8 Å². The van der Waals surface area contributed by atoms with Gasteiger partial charge in [0.25, 0.3) is 0 Å². The van der Waals surface area contributed by atoms with Crippen LogP contribution in [0.4, 0.5) is 0 Å². The van der Waals surface area contributed by atoms with Gasteiger partial charge in [0.2, 0.25) is 5.88 Å². The Hall–Kier alpha value is -1.38. The molecular formula is C10H13NO2. The second-order valence-electron chi connectivity index (χ2n) is 2.78. The molecule has 1 aromatic rings. The lowest BCUT2D eigenvalue weighted by Gasteiger charge is -2.01. The summed E-state index contributed by atoms with van der Waals surface area (Å²) in [5.41, 5.74) is 0.957. The molecule has 0 atom stereocenters. The number of carbonyl (C=O) groups excluding carboxylic acids is 1. The molecule has 70 valence electrons. The molecule has 0 aliphatic heterocycles. The van der Waals surface area contributed by atoms with Crippen molar-refractivity contribution in [2.24, 2.45) is 0 Å². The van der Waals surface area contributed by atoms with E-state index in [4.69, 9.17) is 4.74 Å². The Bertz CT molecular complexity index is 297. The number of ketones is 1. The molecule has 0 bridgehead atoms. The van der Waals surface area contributed by atoms with E-state index in [0.29, 0.717) is 18.7 Å². The van der Waals surface area contributed by atoms with E-state index in [-0.39, 0.29) is 5.78 Å². The molecule has 0 spiro atoms. The molecule has 1 rings (SSSR count). The summed E-state index contributed by atoms with van der Waals surface area (Å²) in [5.74, 6) is 0.787. The van der Waals surface area contributed by atoms with Crippen molar-refractivity contribution in [3.05, 3.63) is 23.9 Å². The Kier molecular flexibility index (Phi) is 3.43. The zero-order valence-corrected chi connectivity index (χ0v) is 7.91. The van der Waals surface area contributed by atoms with Gasteiger partial charge in [0.05, 0.1) is 7.11 Å². The lowest BCUT2D eigenvalue weighted by molar-refractivity contribution is -0.118. The molecule has 0 aliphatic carbocycles. The maximum Gasteiger partial charge on any atom is 0.213 e. The number of hydrogen-bond acceptors (Lipinski definition) is 3. The van der Waals surface area contributed by atoms with Gasteiger partial charge in [-0.3, -0.25) is 4.79 Å². The highest BCUT2D eigenvalue weighted by atomic mass is 16.5. The first-order chi connectivity index (χ1) is 6.26. The maximum absolute atomic E-state index is 11.1. The van der Waals surface area contributed by atoms with Crippen LogP contribution in [0.2, 0.25) is 0 Å². The van der Waals surface area contributed by atoms with Gasteiger partial charge < -0.3 is 4.74 Å². The maximum atomic E-state index is 11.1. The second-order valence-corrected chi connectivity index (χ2v) is 2.78. The third-order valence-corrected chi connectivity index (χ3v) is 1.80.